The number of benzene rings is 1. The number of anilines is 3. The molecule has 0 fully saturated rings. The minimum absolute atomic E-state index is 0.563. The van der Waals surface area contributed by atoms with Crippen LogP contribution in [0.2, 0.25) is 0 Å². The molecule has 0 aliphatic rings. The van der Waals surface area contributed by atoms with E-state index in [-0.39, 0.29) is 0 Å². The lowest BCUT2D eigenvalue weighted by atomic mass is 10.0. The molecular weight excluding hydrogens is 234 g/mol. The average Bonchev–Trinajstić information content (AvgIpc) is 2.40. The van der Waals surface area contributed by atoms with Crippen LogP contribution in [0, 0.1) is 0 Å². The zero-order valence-electron chi connectivity index (χ0n) is 11.8. The van der Waals surface area contributed by atoms with Crippen LogP contribution in [0.15, 0.2) is 42.7 Å². The van der Waals surface area contributed by atoms with Crippen LogP contribution in [0.3, 0.4) is 0 Å². The summed E-state index contributed by atoms with van der Waals surface area (Å²) >= 11 is 0. The monoisotopic (exact) mass is 255 g/mol. The summed E-state index contributed by atoms with van der Waals surface area (Å²) in [6.45, 7) is 7.37. The Morgan fingerprint density at radius 1 is 1.00 bits per heavy atom. The van der Waals surface area contributed by atoms with Gasteiger partial charge in [-0.3, -0.25) is 4.98 Å². The molecule has 2 aromatic rings. The van der Waals surface area contributed by atoms with Gasteiger partial charge in [-0.05, 0) is 36.6 Å². The van der Waals surface area contributed by atoms with E-state index in [1.807, 2.05) is 12.4 Å². The topological polar surface area (TPSA) is 37.0 Å². The Labute approximate surface area is 115 Å². The van der Waals surface area contributed by atoms with Gasteiger partial charge < -0.3 is 10.6 Å². The Bertz CT molecular complexity index is 518. The van der Waals surface area contributed by atoms with Gasteiger partial charge in [0, 0.05) is 12.2 Å². The van der Waals surface area contributed by atoms with Crippen molar-refractivity contribution in [1.29, 1.82) is 0 Å². The van der Waals surface area contributed by atoms with Gasteiger partial charge in [0.15, 0.2) is 0 Å². The molecule has 100 valence electrons. The van der Waals surface area contributed by atoms with Crippen molar-refractivity contribution in [2.45, 2.75) is 26.7 Å². The van der Waals surface area contributed by atoms with Crippen molar-refractivity contribution in [3.63, 3.8) is 0 Å². The molecule has 0 aliphatic heterocycles. The lowest BCUT2D eigenvalue weighted by Gasteiger charge is -2.10. The predicted molar refractivity (Wildman–Crippen MR) is 82.2 cm³/mol. The molecule has 3 nitrogen and oxygen atoms in total. The zero-order valence-corrected chi connectivity index (χ0v) is 11.8. The first-order valence-corrected chi connectivity index (χ1v) is 6.75. The maximum atomic E-state index is 4.22. The van der Waals surface area contributed by atoms with E-state index in [2.05, 4.69) is 66.7 Å². The van der Waals surface area contributed by atoms with Gasteiger partial charge in [0.1, 0.15) is 0 Å². The summed E-state index contributed by atoms with van der Waals surface area (Å²) in [4.78, 5) is 4.22. The second-order valence-corrected chi connectivity index (χ2v) is 4.89. The minimum atomic E-state index is 0.563. The highest BCUT2D eigenvalue weighted by molar-refractivity contribution is 5.63. The number of rotatable bonds is 5. The third kappa shape index (κ3) is 3.71. The summed E-state index contributed by atoms with van der Waals surface area (Å²) in [6, 6.07) is 10.6. The number of pyridine rings is 1. The van der Waals surface area contributed by atoms with E-state index in [4.69, 9.17) is 0 Å². The second-order valence-electron chi connectivity index (χ2n) is 4.89. The lowest BCUT2D eigenvalue weighted by molar-refractivity contribution is 0.867. The Kier molecular flexibility index (Phi) is 4.39. The fourth-order valence-corrected chi connectivity index (χ4v) is 1.93. The fourth-order valence-electron chi connectivity index (χ4n) is 1.93. The summed E-state index contributed by atoms with van der Waals surface area (Å²) in [5.74, 6) is 0.563. The van der Waals surface area contributed by atoms with Gasteiger partial charge in [0.2, 0.25) is 0 Å². The maximum absolute atomic E-state index is 4.22. The summed E-state index contributed by atoms with van der Waals surface area (Å²) < 4.78 is 0. The Balaban J connectivity index is 2.10. The number of nitrogens with one attached hydrogen (secondary N) is 2. The molecule has 2 rings (SSSR count). The fraction of sp³-hybridized carbons (Fsp3) is 0.312. The van der Waals surface area contributed by atoms with Gasteiger partial charge in [-0.25, -0.2) is 0 Å². The van der Waals surface area contributed by atoms with Crippen LogP contribution in [0.4, 0.5) is 17.1 Å². The van der Waals surface area contributed by atoms with Gasteiger partial charge in [0.05, 0.1) is 23.8 Å². The van der Waals surface area contributed by atoms with Crippen LogP contribution in [-0.4, -0.2) is 11.5 Å². The van der Waals surface area contributed by atoms with Gasteiger partial charge in [-0.2, -0.15) is 0 Å². The highest BCUT2D eigenvalue weighted by atomic mass is 14.9. The molecule has 0 atom stereocenters. The summed E-state index contributed by atoms with van der Waals surface area (Å²) in [7, 11) is 0. The van der Waals surface area contributed by atoms with E-state index in [9.17, 15) is 0 Å². The van der Waals surface area contributed by atoms with Crippen LogP contribution in [-0.2, 0) is 0 Å². The summed E-state index contributed by atoms with van der Waals surface area (Å²) in [6.07, 6.45) is 3.66. The molecule has 1 aromatic heterocycles. The minimum Gasteiger partial charge on any atom is -0.384 e. The second kappa shape index (κ2) is 6.23. The first-order chi connectivity index (χ1) is 9.19. The molecule has 1 aromatic carbocycles. The Morgan fingerprint density at radius 2 is 1.68 bits per heavy atom. The lowest BCUT2D eigenvalue weighted by Crippen LogP contribution is -1.98. The quantitative estimate of drug-likeness (QED) is 0.832. The number of hydrogen-bond donors (Lipinski definition) is 2. The van der Waals surface area contributed by atoms with Gasteiger partial charge in [0.25, 0.3) is 0 Å². The molecule has 0 spiro atoms. The third-order valence-electron chi connectivity index (χ3n) is 2.99. The van der Waals surface area contributed by atoms with E-state index in [0.717, 1.165) is 23.6 Å². The number of hydrogen-bond acceptors (Lipinski definition) is 3. The van der Waals surface area contributed by atoms with Crippen LogP contribution in [0.1, 0.15) is 32.3 Å². The van der Waals surface area contributed by atoms with E-state index >= 15 is 0 Å². The van der Waals surface area contributed by atoms with Crippen LogP contribution in [0.25, 0.3) is 0 Å². The molecule has 0 unspecified atom stereocenters. The van der Waals surface area contributed by atoms with Gasteiger partial charge in [-0.15, -0.1) is 0 Å². The van der Waals surface area contributed by atoms with Crippen molar-refractivity contribution in [3.8, 4) is 0 Å². The van der Waals surface area contributed by atoms with Crippen molar-refractivity contribution in [1.82, 2.24) is 4.98 Å². The maximum Gasteiger partial charge on any atom is 0.0591 e. The SMILES string of the molecule is CCNc1cncc(Nc2ccc(C(C)C)cc2)c1. The van der Waals surface area contributed by atoms with Crippen LogP contribution in [0.5, 0.6) is 0 Å². The standard InChI is InChI=1S/C16H21N3/c1-4-18-15-9-16(11-17-10-15)19-14-7-5-13(6-8-14)12(2)3/h5-12,18-19H,4H2,1-3H3. The normalized spacial score (nSPS) is 10.5. The van der Waals surface area contributed by atoms with E-state index in [1.165, 1.54) is 5.56 Å². The van der Waals surface area contributed by atoms with Crippen LogP contribution >= 0.6 is 0 Å². The Morgan fingerprint density at radius 3 is 2.32 bits per heavy atom. The van der Waals surface area contributed by atoms with E-state index in [0.29, 0.717) is 5.92 Å². The molecule has 1 heterocycles. The highest BCUT2D eigenvalue weighted by Crippen LogP contribution is 2.21. The van der Waals surface area contributed by atoms with E-state index < -0.39 is 0 Å². The third-order valence-corrected chi connectivity index (χ3v) is 2.99. The molecule has 0 radical (unpaired) electrons. The van der Waals surface area contributed by atoms with Crippen molar-refractivity contribution >= 4 is 17.1 Å². The molecule has 2 N–H and O–H groups in total. The molecule has 0 amide bonds. The number of aromatic nitrogens is 1. The van der Waals surface area contributed by atoms with Crippen molar-refractivity contribution < 1.29 is 0 Å². The molecular formula is C16H21N3. The molecule has 3 heteroatoms. The average molecular weight is 255 g/mol. The molecule has 0 bridgehead atoms. The van der Waals surface area contributed by atoms with Crippen molar-refractivity contribution in [3.05, 3.63) is 48.3 Å². The predicted octanol–water partition coefficient (Wildman–Crippen LogP) is 4.38. The van der Waals surface area contributed by atoms with Crippen molar-refractivity contribution in [2.75, 3.05) is 17.2 Å². The smallest absolute Gasteiger partial charge is 0.0591 e. The Hall–Kier alpha value is -2.03. The summed E-state index contributed by atoms with van der Waals surface area (Å²) in [5.41, 5.74) is 4.46. The molecule has 0 saturated heterocycles. The number of nitrogens with zero attached hydrogens (tertiary/aromatic N) is 1. The molecule has 0 aliphatic carbocycles. The first-order valence-electron chi connectivity index (χ1n) is 6.75. The molecule has 0 saturated carbocycles. The van der Waals surface area contributed by atoms with Crippen molar-refractivity contribution in [2.24, 2.45) is 0 Å². The van der Waals surface area contributed by atoms with Gasteiger partial charge >= 0.3 is 0 Å². The molecule has 19 heavy (non-hydrogen) atoms. The first kappa shape index (κ1) is 13.4. The van der Waals surface area contributed by atoms with E-state index in [1.54, 1.807) is 0 Å². The van der Waals surface area contributed by atoms with Crippen LogP contribution < -0.4 is 10.6 Å². The zero-order chi connectivity index (χ0) is 13.7. The van der Waals surface area contributed by atoms with Gasteiger partial charge in [-0.1, -0.05) is 26.0 Å². The summed E-state index contributed by atoms with van der Waals surface area (Å²) in [5, 5.41) is 6.62. The highest BCUT2D eigenvalue weighted by Gasteiger charge is 2.00. The largest absolute Gasteiger partial charge is 0.384 e.